The molecule has 4 N–H and O–H groups in total. The smallest absolute Gasteiger partial charge is 0.328 e. The van der Waals surface area contributed by atoms with E-state index in [1.807, 2.05) is 30.3 Å². The highest BCUT2D eigenvalue weighted by Crippen LogP contribution is 2.08. The molecule has 0 saturated heterocycles. The van der Waals surface area contributed by atoms with Crippen LogP contribution < -0.4 is 5.73 Å². The summed E-state index contributed by atoms with van der Waals surface area (Å²) in [6.07, 6.45) is 2.85. The predicted molar refractivity (Wildman–Crippen MR) is 68.0 cm³/mol. The molecule has 1 atom stereocenters. The molecular formula is C13H15NO4. The minimum Gasteiger partial charge on any atom is -0.478 e. The van der Waals surface area contributed by atoms with Gasteiger partial charge in [-0.25, -0.2) is 9.59 Å². The molecule has 0 fully saturated rings. The molecule has 1 aromatic carbocycles. The van der Waals surface area contributed by atoms with Crippen molar-refractivity contribution in [3.05, 3.63) is 60.7 Å². The molecule has 1 rings (SSSR count). The molecule has 0 spiro atoms. The van der Waals surface area contributed by atoms with Crippen molar-refractivity contribution in [3.63, 3.8) is 0 Å². The first kappa shape index (κ1) is 15.6. The Balaban J connectivity index is 0.000000331. The molecule has 0 unspecified atom stereocenters. The number of hydrogen-bond acceptors (Lipinski definition) is 3. The summed E-state index contributed by atoms with van der Waals surface area (Å²) in [5.74, 6) is -2.51. The van der Waals surface area contributed by atoms with Crippen molar-refractivity contribution >= 4 is 11.9 Å². The molecule has 0 amide bonds. The highest BCUT2D eigenvalue weighted by atomic mass is 16.4. The van der Waals surface area contributed by atoms with Gasteiger partial charge in [-0.15, -0.1) is 6.58 Å². The van der Waals surface area contributed by atoms with Gasteiger partial charge in [-0.1, -0.05) is 36.4 Å². The Bertz CT molecular complexity index is 410. The van der Waals surface area contributed by atoms with E-state index in [-0.39, 0.29) is 6.04 Å². The number of aliphatic carboxylic acids is 2. The molecule has 96 valence electrons. The first-order chi connectivity index (χ1) is 8.47. The molecule has 0 saturated carbocycles. The Kier molecular flexibility index (Phi) is 7.56. The monoisotopic (exact) mass is 249 g/mol. The van der Waals surface area contributed by atoms with Gasteiger partial charge in [0.2, 0.25) is 0 Å². The predicted octanol–water partition coefficient (Wildman–Crippen LogP) is 1.58. The molecule has 1 aromatic rings. The molecule has 0 aliphatic carbocycles. The number of carboxylic acid groups (broad SMARTS) is 2. The number of hydrogen-bond donors (Lipinski definition) is 3. The van der Waals surface area contributed by atoms with Crippen molar-refractivity contribution in [3.8, 4) is 0 Å². The van der Waals surface area contributed by atoms with Gasteiger partial charge in [0.15, 0.2) is 0 Å². The minimum absolute atomic E-state index is 0.0267. The molecule has 0 aliphatic rings. The Morgan fingerprint density at radius 1 is 1.11 bits per heavy atom. The van der Waals surface area contributed by atoms with Crippen LogP contribution in [0.3, 0.4) is 0 Å². The second-order valence-electron chi connectivity index (χ2n) is 3.18. The van der Waals surface area contributed by atoms with Crippen molar-refractivity contribution < 1.29 is 19.8 Å². The van der Waals surface area contributed by atoms with Crippen LogP contribution in [-0.4, -0.2) is 22.2 Å². The lowest BCUT2D eigenvalue weighted by molar-refractivity contribution is -0.134. The lowest BCUT2D eigenvalue weighted by Gasteiger charge is -2.03. The molecule has 5 heteroatoms. The Labute approximate surface area is 105 Å². The SMILES string of the molecule is C=C[C@@H](N)c1ccccc1.O=C(O)/C=C\C(=O)O. The highest BCUT2D eigenvalue weighted by Gasteiger charge is 1.96. The Morgan fingerprint density at radius 2 is 1.56 bits per heavy atom. The van der Waals surface area contributed by atoms with Crippen LogP contribution in [0.5, 0.6) is 0 Å². The van der Waals surface area contributed by atoms with Gasteiger partial charge in [0.1, 0.15) is 0 Å². The fraction of sp³-hybridized carbons (Fsp3) is 0.0769. The zero-order chi connectivity index (χ0) is 14.0. The van der Waals surface area contributed by atoms with E-state index in [1.165, 1.54) is 0 Å². The third-order valence-corrected chi connectivity index (χ3v) is 1.81. The zero-order valence-electron chi connectivity index (χ0n) is 9.69. The Morgan fingerprint density at radius 3 is 1.89 bits per heavy atom. The molecular weight excluding hydrogens is 234 g/mol. The Hall–Kier alpha value is -2.40. The molecule has 0 aromatic heterocycles. The molecule has 18 heavy (non-hydrogen) atoms. The van der Waals surface area contributed by atoms with Gasteiger partial charge in [-0.2, -0.15) is 0 Å². The summed E-state index contributed by atoms with van der Waals surface area (Å²) >= 11 is 0. The average molecular weight is 249 g/mol. The van der Waals surface area contributed by atoms with Crippen molar-refractivity contribution in [2.45, 2.75) is 6.04 Å². The van der Waals surface area contributed by atoms with E-state index in [0.29, 0.717) is 12.2 Å². The van der Waals surface area contributed by atoms with Crippen LogP contribution in [0.4, 0.5) is 0 Å². The van der Waals surface area contributed by atoms with E-state index in [0.717, 1.165) is 5.56 Å². The average Bonchev–Trinajstić information content (AvgIpc) is 2.37. The van der Waals surface area contributed by atoms with E-state index in [2.05, 4.69) is 6.58 Å². The van der Waals surface area contributed by atoms with Crippen LogP contribution >= 0.6 is 0 Å². The van der Waals surface area contributed by atoms with Crippen LogP contribution in [-0.2, 0) is 9.59 Å². The van der Waals surface area contributed by atoms with Gasteiger partial charge in [0.25, 0.3) is 0 Å². The first-order valence-electron chi connectivity index (χ1n) is 5.04. The summed E-state index contributed by atoms with van der Waals surface area (Å²) in [7, 11) is 0. The van der Waals surface area contributed by atoms with Gasteiger partial charge >= 0.3 is 11.9 Å². The van der Waals surface area contributed by atoms with Crippen LogP contribution in [0, 0.1) is 0 Å². The summed E-state index contributed by atoms with van der Waals surface area (Å²) in [6.45, 7) is 3.61. The maximum absolute atomic E-state index is 9.55. The van der Waals surface area contributed by atoms with Crippen LogP contribution in [0.2, 0.25) is 0 Å². The van der Waals surface area contributed by atoms with Gasteiger partial charge < -0.3 is 15.9 Å². The van der Waals surface area contributed by atoms with E-state index in [9.17, 15) is 9.59 Å². The standard InChI is InChI=1S/C9H11N.C4H4O4/c1-2-9(10)8-6-4-3-5-7-8;5-3(6)1-2-4(7)8/h2-7,9H,1,10H2;1-2H,(H,5,6)(H,7,8)/b;2-1-/t9-;/m1./s1. The number of carbonyl (C=O) groups is 2. The second-order valence-corrected chi connectivity index (χ2v) is 3.18. The molecule has 0 radical (unpaired) electrons. The van der Waals surface area contributed by atoms with Crippen molar-refractivity contribution in [1.82, 2.24) is 0 Å². The molecule has 5 nitrogen and oxygen atoms in total. The maximum atomic E-state index is 9.55. The number of rotatable bonds is 4. The minimum atomic E-state index is -1.26. The normalized spacial score (nSPS) is 11.2. The van der Waals surface area contributed by atoms with E-state index >= 15 is 0 Å². The molecule has 0 bridgehead atoms. The highest BCUT2D eigenvalue weighted by molar-refractivity contribution is 5.89. The number of benzene rings is 1. The topological polar surface area (TPSA) is 101 Å². The number of carboxylic acids is 2. The summed E-state index contributed by atoms with van der Waals surface area (Å²) < 4.78 is 0. The summed E-state index contributed by atoms with van der Waals surface area (Å²) in [4.78, 5) is 19.1. The molecule has 0 aliphatic heterocycles. The van der Waals surface area contributed by atoms with Crippen molar-refractivity contribution in [2.75, 3.05) is 0 Å². The lowest BCUT2D eigenvalue weighted by atomic mass is 10.1. The quantitative estimate of drug-likeness (QED) is 0.555. The maximum Gasteiger partial charge on any atom is 0.328 e. The fourth-order valence-electron chi connectivity index (χ4n) is 0.954. The van der Waals surface area contributed by atoms with Gasteiger partial charge in [0, 0.05) is 18.2 Å². The summed E-state index contributed by atoms with van der Waals surface area (Å²) in [6, 6.07) is 9.87. The summed E-state index contributed by atoms with van der Waals surface area (Å²) in [5.41, 5.74) is 6.79. The lowest BCUT2D eigenvalue weighted by Crippen LogP contribution is -2.05. The third kappa shape index (κ3) is 7.84. The zero-order valence-corrected chi connectivity index (χ0v) is 9.69. The summed E-state index contributed by atoms with van der Waals surface area (Å²) in [5, 5.41) is 15.6. The van der Waals surface area contributed by atoms with Crippen molar-refractivity contribution in [1.29, 1.82) is 0 Å². The van der Waals surface area contributed by atoms with Crippen LogP contribution in [0.25, 0.3) is 0 Å². The third-order valence-electron chi connectivity index (χ3n) is 1.81. The van der Waals surface area contributed by atoms with Gasteiger partial charge in [0.05, 0.1) is 0 Å². The van der Waals surface area contributed by atoms with E-state index in [1.54, 1.807) is 6.08 Å². The molecule has 0 heterocycles. The fourth-order valence-corrected chi connectivity index (χ4v) is 0.954. The van der Waals surface area contributed by atoms with Gasteiger partial charge in [-0.05, 0) is 5.56 Å². The van der Waals surface area contributed by atoms with Crippen LogP contribution in [0.1, 0.15) is 11.6 Å². The van der Waals surface area contributed by atoms with Crippen LogP contribution in [0.15, 0.2) is 55.1 Å². The number of nitrogens with two attached hydrogens (primary N) is 1. The van der Waals surface area contributed by atoms with E-state index < -0.39 is 11.9 Å². The van der Waals surface area contributed by atoms with Crippen molar-refractivity contribution in [2.24, 2.45) is 5.73 Å². The van der Waals surface area contributed by atoms with Gasteiger partial charge in [-0.3, -0.25) is 0 Å². The second kappa shape index (κ2) is 8.72. The largest absolute Gasteiger partial charge is 0.478 e. The first-order valence-corrected chi connectivity index (χ1v) is 5.04. The van der Waals surface area contributed by atoms with E-state index in [4.69, 9.17) is 15.9 Å².